The Balaban J connectivity index is 0.00000147. The average molecular weight is 458 g/mol. The van der Waals surface area contributed by atoms with Crippen molar-refractivity contribution in [3.63, 3.8) is 0 Å². The standard InChI is InChI=1S/3C6H5.H2O.Pb.H/c3*1-2-4-6-5-3-1;;;/h3*1-5H;1H2;;. The van der Waals surface area contributed by atoms with Gasteiger partial charge in [-0.1, -0.05) is 0 Å². The fraction of sp³-hybridized carbons (Fsp3) is 0. The molecule has 0 aliphatic rings. The van der Waals surface area contributed by atoms with Crippen molar-refractivity contribution in [3.05, 3.63) is 91.0 Å². The van der Waals surface area contributed by atoms with Gasteiger partial charge >= 0.3 is 123 Å². The molecule has 0 bridgehead atoms. The van der Waals surface area contributed by atoms with Crippen molar-refractivity contribution < 1.29 is 5.48 Å². The molecule has 0 radical (unpaired) electrons. The van der Waals surface area contributed by atoms with E-state index < -0.39 is 22.7 Å². The summed E-state index contributed by atoms with van der Waals surface area (Å²) in [5, 5.41) is 0. The number of rotatable bonds is 3. The minimum atomic E-state index is -2.28. The molecule has 0 aromatic heterocycles. The van der Waals surface area contributed by atoms with Crippen LogP contribution in [-0.2, 0) is 0 Å². The summed E-state index contributed by atoms with van der Waals surface area (Å²) in [4.78, 5) is 0. The Morgan fingerprint density at radius 3 is 0.900 bits per heavy atom. The molecule has 0 aliphatic carbocycles. The van der Waals surface area contributed by atoms with Gasteiger partial charge in [0, 0.05) is 0 Å². The first-order valence-corrected chi connectivity index (χ1v) is 13.3. The zero-order chi connectivity index (χ0) is 12.9. The molecule has 2 heteroatoms. The Bertz CT molecular complexity index is 529. The van der Waals surface area contributed by atoms with E-state index in [1.165, 1.54) is 0 Å². The average Bonchev–Trinajstić information content (AvgIpc) is 2.51. The predicted molar refractivity (Wildman–Crippen MR) is 89.0 cm³/mol. The molecule has 3 rings (SSSR count). The SMILES string of the molecule is O.c1cc[c]([PbH]([c]2ccccc2)[c]2ccccc2)cc1. The van der Waals surface area contributed by atoms with Gasteiger partial charge in [0.05, 0.1) is 0 Å². The zero-order valence-electron chi connectivity index (χ0n) is 11.2. The predicted octanol–water partition coefficient (Wildman–Crippen LogP) is 1.11. The summed E-state index contributed by atoms with van der Waals surface area (Å²) in [5.41, 5.74) is 0. The van der Waals surface area contributed by atoms with Crippen molar-refractivity contribution in [2.24, 2.45) is 0 Å². The van der Waals surface area contributed by atoms with Gasteiger partial charge in [0.15, 0.2) is 0 Å². The zero-order valence-corrected chi connectivity index (χ0v) is 15.7. The van der Waals surface area contributed by atoms with Crippen molar-refractivity contribution in [2.45, 2.75) is 0 Å². The molecule has 20 heavy (non-hydrogen) atoms. The van der Waals surface area contributed by atoms with E-state index in [4.69, 9.17) is 0 Å². The van der Waals surface area contributed by atoms with Gasteiger partial charge in [-0.05, 0) is 0 Å². The normalized spacial score (nSPS) is 10.1. The van der Waals surface area contributed by atoms with Gasteiger partial charge in [-0.3, -0.25) is 0 Å². The molecule has 100 valence electrons. The van der Waals surface area contributed by atoms with Crippen LogP contribution in [0, 0.1) is 0 Å². The first-order chi connectivity index (χ1) is 9.45. The fourth-order valence-corrected chi connectivity index (χ4v) is 14.1. The molecule has 0 aliphatic heterocycles. The summed E-state index contributed by atoms with van der Waals surface area (Å²) in [7, 11) is 0. The Kier molecular flexibility index (Phi) is 5.50. The van der Waals surface area contributed by atoms with E-state index >= 15 is 0 Å². The molecular formula is C18H18OPb. The molecule has 3 aromatic rings. The van der Waals surface area contributed by atoms with Crippen LogP contribution in [0.25, 0.3) is 0 Å². The monoisotopic (exact) mass is 458 g/mol. The second-order valence-corrected chi connectivity index (χ2v) is 15.8. The van der Waals surface area contributed by atoms with E-state index in [0.29, 0.717) is 0 Å². The third kappa shape index (κ3) is 3.35. The Morgan fingerprint density at radius 1 is 0.400 bits per heavy atom. The Hall–Kier alpha value is -1.46. The van der Waals surface area contributed by atoms with Crippen LogP contribution in [0.15, 0.2) is 91.0 Å². The maximum atomic E-state index is 2.30. The van der Waals surface area contributed by atoms with E-state index in [-0.39, 0.29) is 5.48 Å². The van der Waals surface area contributed by atoms with Crippen molar-refractivity contribution in [3.8, 4) is 0 Å². The molecular weight excluding hydrogens is 439 g/mol. The van der Waals surface area contributed by atoms with Crippen LogP contribution in [-0.4, -0.2) is 28.2 Å². The molecule has 0 atom stereocenters. The number of hydrogen-bond donors (Lipinski definition) is 0. The third-order valence-electron chi connectivity index (χ3n) is 3.40. The van der Waals surface area contributed by atoms with Crippen molar-refractivity contribution >= 4 is 32.1 Å². The van der Waals surface area contributed by atoms with E-state index in [9.17, 15) is 0 Å². The molecule has 1 nitrogen and oxygen atoms in total. The second kappa shape index (κ2) is 7.36. The molecule has 2 N–H and O–H groups in total. The molecule has 0 spiro atoms. The van der Waals surface area contributed by atoms with Gasteiger partial charge < -0.3 is 5.48 Å². The first-order valence-electron chi connectivity index (χ1n) is 6.60. The maximum absolute atomic E-state index is 2.30. The fourth-order valence-electron chi connectivity index (χ4n) is 2.51. The summed E-state index contributed by atoms with van der Waals surface area (Å²) in [6, 6.07) is 33.1. The number of benzene rings is 3. The second-order valence-electron chi connectivity index (χ2n) is 4.67. The van der Waals surface area contributed by atoms with Gasteiger partial charge in [0.25, 0.3) is 0 Å². The molecule has 0 unspecified atom stereocenters. The molecule has 0 saturated carbocycles. The van der Waals surface area contributed by atoms with Crippen LogP contribution < -0.4 is 9.37 Å². The van der Waals surface area contributed by atoms with Crippen molar-refractivity contribution in [1.82, 2.24) is 0 Å². The molecule has 0 heterocycles. The summed E-state index contributed by atoms with van der Waals surface area (Å²) in [5.74, 6) is 0. The quantitative estimate of drug-likeness (QED) is 0.528. The van der Waals surface area contributed by atoms with E-state index in [0.717, 1.165) is 0 Å². The van der Waals surface area contributed by atoms with Crippen molar-refractivity contribution in [1.29, 1.82) is 0 Å². The third-order valence-corrected chi connectivity index (χ3v) is 15.7. The van der Waals surface area contributed by atoms with Gasteiger partial charge in [0.2, 0.25) is 0 Å². The summed E-state index contributed by atoms with van der Waals surface area (Å²) in [6.45, 7) is 0. The summed E-state index contributed by atoms with van der Waals surface area (Å²) in [6.07, 6.45) is 0. The topological polar surface area (TPSA) is 31.5 Å². The Labute approximate surface area is 128 Å². The van der Waals surface area contributed by atoms with Gasteiger partial charge in [-0.15, -0.1) is 0 Å². The van der Waals surface area contributed by atoms with E-state index in [1.807, 2.05) is 0 Å². The molecule has 3 aromatic carbocycles. The first kappa shape index (κ1) is 14.9. The van der Waals surface area contributed by atoms with Crippen LogP contribution in [0.5, 0.6) is 0 Å². The molecule has 0 fully saturated rings. The summed E-state index contributed by atoms with van der Waals surface area (Å²) >= 11 is -2.28. The van der Waals surface area contributed by atoms with Crippen molar-refractivity contribution in [2.75, 3.05) is 0 Å². The van der Waals surface area contributed by atoms with Crippen LogP contribution in [0.1, 0.15) is 0 Å². The van der Waals surface area contributed by atoms with Crippen LogP contribution in [0.4, 0.5) is 0 Å². The number of hydrogen-bond acceptors (Lipinski definition) is 0. The Morgan fingerprint density at radius 2 is 0.650 bits per heavy atom. The van der Waals surface area contributed by atoms with E-state index in [1.54, 1.807) is 9.37 Å². The molecule has 0 saturated heterocycles. The van der Waals surface area contributed by atoms with Gasteiger partial charge in [0.1, 0.15) is 0 Å². The van der Waals surface area contributed by atoms with Gasteiger partial charge in [-0.2, -0.15) is 0 Å². The van der Waals surface area contributed by atoms with E-state index in [2.05, 4.69) is 91.0 Å². The van der Waals surface area contributed by atoms with Crippen LogP contribution in [0.3, 0.4) is 0 Å². The minimum absolute atomic E-state index is 0. The van der Waals surface area contributed by atoms with Crippen LogP contribution in [0.2, 0.25) is 0 Å². The molecule has 0 amide bonds. The van der Waals surface area contributed by atoms with Crippen LogP contribution >= 0.6 is 0 Å². The summed E-state index contributed by atoms with van der Waals surface area (Å²) < 4.78 is 4.67. The van der Waals surface area contributed by atoms with Gasteiger partial charge in [-0.25, -0.2) is 0 Å².